The number of allylic oxidation sites excluding steroid dienone is 3. The van der Waals surface area contributed by atoms with E-state index in [2.05, 4.69) is 6.58 Å². The summed E-state index contributed by atoms with van der Waals surface area (Å²) in [7, 11) is 1.87. The molecule has 17 heavy (non-hydrogen) atoms. The van der Waals surface area contributed by atoms with Crippen LogP contribution in [-0.4, -0.2) is 17.1 Å². The third-order valence-corrected chi connectivity index (χ3v) is 3.31. The van der Waals surface area contributed by atoms with Gasteiger partial charge in [0.25, 0.3) is 0 Å². The fourth-order valence-corrected chi connectivity index (χ4v) is 2.11. The molecule has 1 aromatic carbocycles. The lowest BCUT2D eigenvalue weighted by Gasteiger charge is -2.28. The molecule has 0 aliphatic carbocycles. The molecule has 0 aromatic heterocycles. The standard InChI is InChI=1S/C13H11Cl2NO/c1-8-11(14)5-6-13(16(8)2)10-4-3-9(17)7-12(10)15/h3-7,17H,1H2,2H3. The summed E-state index contributed by atoms with van der Waals surface area (Å²) in [6, 6.07) is 4.87. The van der Waals surface area contributed by atoms with Crippen LogP contribution in [0.4, 0.5) is 0 Å². The van der Waals surface area contributed by atoms with Gasteiger partial charge in [-0.2, -0.15) is 0 Å². The Balaban J connectivity index is 2.51. The van der Waals surface area contributed by atoms with Crippen molar-refractivity contribution in [1.29, 1.82) is 0 Å². The van der Waals surface area contributed by atoms with Gasteiger partial charge in [0.05, 0.1) is 15.8 Å². The molecule has 1 aliphatic rings. The van der Waals surface area contributed by atoms with Gasteiger partial charge in [-0.15, -0.1) is 0 Å². The van der Waals surface area contributed by atoms with Crippen LogP contribution in [0, 0.1) is 0 Å². The molecule has 2 nitrogen and oxygen atoms in total. The van der Waals surface area contributed by atoms with E-state index in [0.29, 0.717) is 15.8 Å². The highest BCUT2D eigenvalue weighted by atomic mass is 35.5. The average Bonchev–Trinajstić information content (AvgIpc) is 2.28. The first-order valence-electron chi connectivity index (χ1n) is 5.00. The number of rotatable bonds is 1. The molecule has 1 N–H and O–H groups in total. The first kappa shape index (κ1) is 12.1. The molecule has 2 rings (SSSR count). The summed E-state index contributed by atoms with van der Waals surface area (Å²) < 4.78 is 0. The van der Waals surface area contributed by atoms with E-state index < -0.39 is 0 Å². The number of phenols is 1. The van der Waals surface area contributed by atoms with E-state index >= 15 is 0 Å². The van der Waals surface area contributed by atoms with Crippen molar-refractivity contribution in [2.24, 2.45) is 0 Å². The monoisotopic (exact) mass is 267 g/mol. The van der Waals surface area contributed by atoms with Gasteiger partial charge >= 0.3 is 0 Å². The molecule has 88 valence electrons. The lowest BCUT2D eigenvalue weighted by atomic mass is 10.1. The van der Waals surface area contributed by atoms with E-state index in [1.54, 1.807) is 18.2 Å². The zero-order chi connectivity index (χ0) is 12.6. The highest BCUT2D eigenvalue weighted by Gasteiger charge is 2.18. The van der Waals surface area contributed by atoms with Crippen LogP contribution in [0.25, 0.3) is 5.70 Å². The van der Waals surface area contributed by atoms with Gasteiger partial charge in [0.1, 0.15) is 5.75 Å². The van der Waals surface area contributed by atoms with E-state index in [-0.39, 0.29) is 5.75 Å². The maximum Gasteiger partial charge on any atom is 0.117 e. The van der Waals surface area contributed by atoms with Crippen LogP contribution >= 0.6 is 23.2 Å². The Morgan fingerprint density at radius 2 is 1.94 bits per heavy atom. The lowest BCUT2D eigenvalue weighted by Crippen LogP contribution is -2.18. The molecule has 0 fully saturated rings. The fraction of sp³-hybridized carbons (Fsp3) is 0.0769. The summed E-state index contributed by atoms with van der Waals surface area (Å²) >= 11 is 12.1. The van der Waals surface area contributed by atoms with E-state index in [0.717, 1.165) is 11.3 Å². The van der Waals surface area contributed by atoms with Crippen LogP contribution < -0.4 is 0 Å². The second-order valence-corrected chi connectivity index (χ2v) is 4.55. The van der Waals surface area contributed by atoms with Gasteiger partial charge in [-0.1, -0.05) is 29.8 Å². The molecule has 0 saturated heterocycles. The van der Waals surface area contributed by atoms with Crippen LogP contribution in [0.5, 0.6) is 5.75 Å². The summed E-state index contributed by atoms with van der Waals surface area (Å²) in [6.07, 6.45) is 3.65. The van der Waals surface area contributed by atoms with Crippen molar-refractivity contribution >= 4 is 28.9 Å². The molecule has 0 radical (unpaired) electrons. The van der Waals surface area contributed by atoms with E-state index in [9.17, 15) is 5.11 Å². The third-order valence-electron chi connectivity index (χ3n) is 2.66. The summed E-state index contributed by atoms with van der Waals surface area (Å²) in [5.41, 5.74) is 2.44. The van der Waals surface area contributed by atoms with Crippen molar-refractivity contribution in [3.8, 4) is 5.75 Å². The number of hydrogen-bond acceptors (Lipinski definition) is 2. The maximum absolute atomic E-state index is 9.33. The molecule has 1 heterocycles. The summed E-state index contributed by atoms with van der Waals surface area (Å²) in [5.74, 6) is 0.144. The highest BCUT2D eigenvalue weighted by molar-refractivity contribution is 6.33. The topological polar surface area (TPSA) is 23.5 Å². The Bertz CT molecular complexity index is 546. The molecular weight excluding hydrogens is 257 g/mol. The summed E-state index contributed by atoms with van der Waals surface area (Å²) in [5, 5.41) is 10.4. The van der Waals surface area contributed by atoms with Crippen molar-refractivity contribution in [2.75, 3.05) is 7.05 Å². The lowest BCUT2D eigenvalue weighted by molar-refractivity contribution is 0.475. The molecule has 0 bridgehead atoms. The number of hydrogen-bond donors (Lipinski definition) is 1. The fourth-order valence-electron chi connectivity index (χ4n) is 1.65. The number of halogens is 2. The van der Waals surface area contributed by atoms with Crippen LogP contribution in [-0.2, 0) is 0 Å². The van der Waals surface area contributed by atoms with Crippen molar-refractivity contribution in [2.45, 2.75) is 0 Å². The van der Waals surface area contributed by atoms with Crippen molar-refractivity contribution in [1.82, 2.24) is 4.90 Å². The first-order chi connectivity index (χ1) is 8.00. The van der Waals surface area contributed by atoms with Gasteiger partial charge in [-0.3, -0.25) is 0 Å². The molecule has 0 atom stereocenters. The molecule has 0 unspecified atom stereocenters. The van der Waals surface area contributed by atoms with Crippen LogP contribution in [0.15, 0.2) is 47.7 Å². The smallest absolute Gasteiger partial charge is 0.117 e. The predicted molar refractivity (Wildman–Crippen MR) is 71.9 cm³/mol. The molecule has 1 aliphatic heterocycles. The van der Waals surface area contributed by atoms with E-state index in [1.807, 2.05) is 18.0 Å². The number of nitrogens with zero attached hydrogens (tertiary/aromatic N) is 1. The minimum Gasteiger partial charge on any atom is -0.508 e. The van der Waals surface area contributed by atoms with Crippen molar-refractivity contribution in [3.05, 3.63) is 58.2 Å². The van der Waals surface area contributed by atoms with Crippen LogP contribution in [0.3, 0.4) is 0 Å². The van der Waals surface area contributed by atoms with Gasteiger partial charge in [0.2, 0.25) is 0 Å². The van der Waals surface area contributed by atoms with Crippen LogP contribution in [0.1, 0.15) is 5.56 Å². The second-order valence-electron chi connectivity index (χ2n) is 3.74. The van der Waals surface area contributed by atoms with Crippen molar-refractivity contribution < 1.29 is 5.11 Å². The number of phenolic OH excluding ortho intramolecular Hbond substituents is 1. The summed E-state index contributed by atoms with van der Waals surface area (Å²) in [4.78, 5) is 1.86. The Hall–Kier alpha value is -1.38. The molecule has 0 amide bonds. The Labute approximate surface area is 110 Å². The minimum absolute atomic E-state index is 0.144. The Morgan fingerprint density at radius 1 is 1.24 bits per heavy atom. The van der Waals surface area contributed by atoms with Gasteiger partial charge in [0.15, 0.2) is 0 Å². The largest absolute Gasteiger partial charge is 0.508 e. The van der Waals surface area contributed by atoms with E-state index in [4.69, 9.17) is 23.2 Å². The predicted octanol–water partition coefficient (Wildman–Crippen LogP) is 3.97. The second kappa shape index (κ2) is 4.47. The molecule has 1 aromatic rings. The normalized spacial score (nSPS) is 15.7. The molecule has 0 spiro atoms. The highest BCUT2D eigenvalue weighted by Crippen LogP contribution is 2.35. The first-order valence-corrected chi connectivity index (χ1v) is 5.75. The third kappa shape index (κ3) is 2.19. The summed E-state index contributed by atoms with van der Waals surface area (Å²) in [6.45, 7) is 3.89. The molecule has 0 saturated carbocycles. The van der Waals surface area contributed by atoms with E-state index in [1.165, 1.54) is 6.07 Å². The van der Waals surface area contributed by atoms with Gasteiger partial charge in [-0.25, -0.2) is 0 Å². The van der Waals surface area contributed by atoms with Gasteiger partial charge < -0.3 is 10.0 Å². The quantitative estimate of drug-likeness (QED) is 0.833. The number of aromatic hydroxyl groups is 1. The van der Waals surface area contributed by atoms with Crippen molar-refractivity contribution in [3.63, 3.8) is 0 Å². The SMILES string of the molecule is C=C1C(Cl)=CC=C(c2ccc(O)cc2Cl)N1C. The molecule has 4 heteroatoms. The zero-order valence-corrected chi connectivity index (χ0v) is 10.8. The van der Waals surface area contributed by atoms with Gasteiger partial charge in [-0.05, 0) is 30.4 Å². The maximum atomic E-state index is 9.33. The zero-order valence-electron chi connectivity index (χ0n) is 9.24. The Morgan fingerprint density at radius 3 is 2.59 bits per heavy atom. The minimum atomic E-state index is 0.144. The van der Waals surface area contributed by atoms with Crippen LogP contribution in [0.2, 0.25) is 5.02 Å². The van der Waals surface area contributed by atoms with Gasteiger partial charge in [0, 0.05) is 18.3 Å². The number of benzene rings is 1. The number of likely N-dealkylation sites (N-methyl/N-ethyl adjacent to an activating group) is 1. The average molecular weight is 268 g/mol. The Kier molecular flexibility index (Phi) is 3.18. The molecular formula is C13H11Cl2NO.